The molecule has 1 aliphatic carbocycles. The van der Waals surface area contributed by atoms with Gasteiger partial charge in [-0.2, -0.15) is 0 Å². The van der Waals surface area contributed by atoms with E-state index in [0.29, 0.717) is 25.8 Å². The molecule has 0 aromatic heterocycles. The number of hydrogen-bond donors (Lipinski definition) is 1. The summed E-state index contributed by atoms with van der Waals surface area (Å²) in [5.41, 5.74) is 5.25. The Balaban J connectivity index is 0.00000121. The van der Waals surface area contributed by atoms with Gasteiger partial charge in [-0.15, -0.1) is 12.4 Å². The molecule has 0 spiro atoms. The van der Waals surface area contributed by atoms with E-state index in [1.54, 1.807) is 0 Å². The highest BCUT2D eigenvalue weighted by Crippen LogP contribution is 2.39. The van der Waals surface area contributed by atoms with E-state index in [1.165, 1.54) is 0 Å². The first-order chi connectivity index (χ1) is 5.17. The van der Waals surface area contributed by atoms with E-state index in [0.717, 1.165) is 6.42 Å². The maximum Gasteiger partial charge on any atom is 0.250 e. The van der Waals surface area contributed by atoms with Gasteiger partial charge in [0.2, 0.25) is 0 Å². The number of halogens is 3. The average molecular weight is 200 g/mol. The third kappa shape index (κ3) is 2.87. The van der Waals surface area contributed by atoms with Crippen molar-refractivity contribution in [3.8, 4) is 0 Å². The van der Waals surface area contributed by atoms with Crippen LogP contribution in [0.4, 0.5) is 8.78 Å². The van der Waals surface area contributed by atoms with E-state index in [4.69, 9.17) is 5.73 Å². The van der Waals surface area contributed by atoms with Gasteiger partial charge < -0.3 is 5.73 Å². The van der Waals surface area contributed by atoms with Gasteiger partial charge in [0.25, 0.3) is 5.92 Å². The minimum Gasteiger partial charge on any atom is -0.330 e. The van der Waals surface area contributed by atoms with E-state index in [-0.39, 0.29) is 18.8 Å². The topological polar surface area (TPSA) is 26.0 Å². The zero-order valence-corrected chi connectivity index (χ0v) is 7.88. The fourth-order valence-corrected chi connectivity index (χ4v) is 1.72. The normalized spacial score (nSPS) is 27.8. The van der Waals surface area contributed by atoms with Crippen molar-refractivity contribution in [2.24, 2.45) is 11.7 Å². The summed E-state index contributed by atoms with van der Waals surface area (Å²) in [5.74, 6) is -2.88. The highest BCUT2D eigenvalue weighted by molar-refractivity contribution is 5.85. The molecule has 0 heterocycles. The quantitative estimate of drug-likeness (QED) is 0.727. The molecule has 1 unspecified atom stereocenters. The molecule has 0 aliphatic heterocycles. The first kappa shape index (κ1) is 12.1. The van der Waals surface area contributed by atoms with Crippen LogP contribution < -0.4 is 5.73 Å². The molecule has 0 aromatic carbocycles. The molecular formula is C8H16ClF2N. The monoisotopic (exact) mass is 199 g/mol. The maximum absolute atomic E-state index is 13.0. The summed E-state index contributed by atoms with van der Waals surface area (Å²) in [5, 5.41) is 0. The van der Waals surface area contributed by atoms with Crippen molar-refractivity contribution in [3.05, 3.63) is 0 Å². The standard InChI is InChI=1S/C8H15F2N.ClH/c9-8(10)5-2-1-3-7(8)4-6-11;/h7H,1-6,11H2;1H. The van der Waals surface area contributed by atoms with E-state index >= 15 is 0 Å². The Morgan fingerprint density at radius 1 is 1.33 bits per heavy atom. The molecule has 4 heteroatoms. The first-order valence-electron chi connectivity index (χ1n) is 4.24. The van der Waals surface area contributed by atoms with Crippen LogP contribution in [-0.4, -0.2) is 12.5 Å². The van der Waals surface area contributed by atoms with Gasteiger partial charge in [-0.1, -0.05) is 6.42 Å². The van der Waals surface area contributed by atoms with Gasteiger partial charge in [0.1, 0.15) is 0 Å². The summed E-state index contributed by atoms with van der Waals surface area (Å²) in [7, 11) is 0. The lowest BCUT2D eigenvalue weighted by atomic mass is 9.83. The Morgan fingerprint density at radius 3 is 2.50 bits per heavy atom. The number of hydrogen-bond acceptors (Lipinski definition) is 1. The van der Waals surface area contributed by atoms with Crippen molar-refractivity contribution in [3.63, 3.8) is 0 Å². The van der Waals surface area contributed by atoms with Crippen molar-refractivity contribution in [2.75, 3.05) is 6.54 Å². The molecule has 0 saturated heterocycles. The summed E-state index contributed by atoms with van der Waals surface area (Å²) in [6, 6.07) is 0. The molecule has 1 rings (SSSR count). The van der Waals surface area contributed by atoms with Gasteiger partial charge in [0, 0.05) is 12.3 Å². The zero-order valence-electron chi connectivity index (χ0n) is 7.06. The molecule has 1 nitrogen and oxygen atoms in total. The summed E-state index contributed by atoms with van der Waals surface area (Å²) in [6.07, 6.45) is 2.82. The summed E-state index contributed by atoms with van der Waals surface area (Å²) in [4.78, 5) is 0. The summed E-state index contributed by atoms with van der Waals surface area (Å²) >= 11 is 0. The van der Waals surface area contributed by atoms with Crippen LogP contribution in [0.5, 0.6) is 0 Å². The van der Waals surface area contributed by atoms with Crippen LogP contribution in [0, 0.1) is 5.92 Å². The largest absolute Gasteiger partial charge is 0.330 e. The molecule has 0 bridgehead atoms. The lowest BCUT2D eigenvalue weighted by Gasteiger charge is -2.30. The Labute approximate surface area is 78.1 Å². The molecule has 1 fully saturated rings. The zero-order chi connectivity index (χ0) is 8.32. The molecule has 0 amide bonds. The van der Waals surface area contributed by atoms with Gasteiger partial charge in [0.05, 0.1) is 0 Å². The first-order valence-corrected chi connectivity index (χ1v) is 4.24. The Hall–Kier alpha value is 0.110. The van der Waals surface area contributed by atoms with E-state index in [2.05, 4.69) is 0 Å². The van der Waals surface area contributed by atoms with Gasteiger partial charge in [0.15, 0.2) is 0 Å². The fourth-order valence-electron chi connectivity index (χ4n) is 1.72. The predicted molar refractivity (Wildman–Crippen MR) is 47.8 cm³/mol. The molecule has 1 atom stereocenters. The molecule has 12 heavy (non-hydrogen) atoms. The van der Waals surface area contributed by atoms with Crippen molar-refractivity contribution < 1.29 is 8.78 Å². The minimum absolute atomic E-state index is 0. The lowest BCUT2D eigenvalue weighted by molar-refractivity contribution is -0.0872. The molecule has 2 N–H and O–H groups in total. The van der Waals surface area contributed by atoms with Crippen molar-refractivity contribution in [2.45, 2.75) is 38.0 Å². The second-order valence-electron chi connectivity index (χ2n) is 3.28. The highest BCUT2D eigenvalue weighted by atomic mass is 35.5. The molecule has 1 aliphatic rings. The van der Waals surface area contributed by atoms with Crippen molar-refractivity contribution >= 4 is 12.4 Å². The van der Waals surface area contributed by atoms with Crippen LogP contribution in [0.2, 0.25) is 0 Å². The van der Waals surface area contributed by atoms with Gasteiger partial charge >= 0.3 is 0 Å². The summed E-state index contributed by atoms with van der Waals surface area (Å²) < 4.78 is 26.0. The second-order valence-corrected chi connectivity index (χ2v) is 3.28. The Bertz CT molecular complexity index is 128. The number of alkyl halides is 2. The molecule has 0 aromatic rings. The highest BCUT2D eigenvalue weighted by Gasteiger charge is 2.40. The molecular weight excluding hydrogens is 184 g/mol. The third-order valence-electron chi connectivity index (χ3n) is 2.43. The van der Waals surface area contributed by atoms with Gasteiger partial charge in [-0.3, -0.25) is 0 Å². The molecule has 1 saturated carbocycles. The Morgan fingerprint density at radius 2 is 2.00 bits per heavy atom. The van der Waals surface area contributed by atoms with Crippen LogP contribution in [-0.2, 0) is 0 Å². The number of nitrogens with two attached hydrogens (primary N) is 1. The second kappa shape index (κ2) is 4.97. The van der Waals surface area contributed by atoms with Crippen molar-refractivity contribution in [1.29, 1.82) is 0 Å². The SMILES string of the molecule is Cl.NCCC1CCCCC1(F)F. The number of rotatable bonds is 2. The van der Waals surface area contributed by atoms with Crippen LogP contribution in [0.3, 0.4) is 0 Å². The maximum atomic E-state index is 13.0. The lowest BCUT2D eigenvalue weighted by Crippen LogP contribution is -2.33. The minimum atomic E-state index is -2.43. The predicted octanol–water partition coefficient (Wildman–Crippen LogP) is 2.58. The van der Waals surface area contributed by atoms with Gasteiger partial charge in [-0.05, 0) is 25.8 Å². The summed E-state index contributed by atoms with van der Waals surface area (Å²) in [6.45, 7) is 0.389. The molecule has 0 radical (unpaired) electrons. The average Bonchev–Trinajstić information content (AvgIpc) is 1.94. The van der Waals surface area contributed by atoms with Crippen LogP contribution >= 0.6 is 12.4 Å². The molecule has 74 valence electrons. The van der Waals surface area contributed by atoms with E-state index in [1.807, 2.05) is 0 Å². The Kier molecular flexibility index (Phi) is 5.02. The third-order valence-corrected chi connectivity index (χ3v) is 2.43. The van der Waals surface area contributed by atoms with Crippen LogP contribution in [0.15, 0.2) is 0 Å². The van der Waals surface area contributed by atoms with E-state index < -0.39 is 11.8 Å². The van der Waals surface area contributed by atoms with Crippen LogP contribution in [0.25, 0.3) is 0 Å². The van der Waals surface area contributed by atoms with Crippen LogP contribution in [0.1, 0.15) is 32.1 Å². The fraction of sp³-hybridized carbons (Fsp3) is 1.00. The van der Waals surface area contributed by atoms with E-state index in [9.17, 15) is 8.78 Å². The smallest absolute Gasteiger partial charge is 0.250 e. The van der Waals surface area contributed by atoms with Gasteiger partial charge in [-0.25, -0.2) is 8.78 Å². The van der Waals surface area contributed by atoms with Crippen molar-refractivity contribution in [1.82, 2.24) is 0 Å².